The fourth-order valence-corrected chi connectivity index (χ4v) is 4.29. The topological polar surface area (TPSA) is 81.2 Å². The number of piperazine rings is 1. The zero-order valence-electron chi connectivity index (χ0n) is 19.1. The minimum Gasteiger partial charge on any atom is -0.497 e. The maximum Gasteiger partial charge on any atom is 0.423 e. The molecule has 0 aliphatic carbocycles. The van der Waals surface area contributed by atoms with Crippen molar-refractivity contribution in [3.05, 3.63) is 53.7 Å². The number of hydrogen-bond donors (Lipinski definition) is 0. The van der Waals surface area contributed by atoms with E-state index in [9.17, 15) is 9.59 Å². The van der Waals surface area contributed by atoms with Gasteiger partial charge in [0.15, 0.2) is 5.75 Å². The second-order valence-electron chi connectivity index (χ2n) is 8.14. The van der Waals surface area contributed by atoms with Crippen molar-refractivity contribution < 1.29 is 23.8 Å². The molecule has 3 aromatic rings. The van der Waals surface area contributed by atoms with Crippen LogP contribution in [-0.4, -0.2) is 61.7 Å². The number of benzene rings is 2. The van der Waals surface area contributed by atoms with Gasteiger partial charge in [-0.15, -0.1) is 0 Å². The van der Waals surface area contributed by atoms with E-state index in [0.717, 1.165) is 55.2 Å². The van der Waals surface area contributed by atoms with Crippen molar-refractivity contribution in [2.75, 3.05) is 44.7 Å². The van der Waals surface area contributed by atoms with Crippen LogP contribution in [-0.2, 0) is 9.59 Å². The standard InChI is InChI=1S/C26H25N3O5/c1-3-28-13-15-29(16-14-28)24-19-5-4-6-21-22(19)23(34-26(31)25(30)33-21)20(27-24)12-9-17-7-10-18(32-2)11-8-17/h4-12H,3,13-16H2,1-2H3/b12-9-. The molecule has 0 bridgehead atoms. The molecule has 1 aromatic heterocycles. The molecule has 0 atom stereocenters. The Labute approximate surface area is 197 Å². The van der Waals surface area contributed by atoms with E-state index in [1.54, 1.807) is 25.3 Å². The van der Waals surface area contributed by atoms with Gasteiger partial charge in [0.2, 0.25) is 0 Å². The number of pyridine rings is 1. The molecule has 2 aromatic carbocycles. The van der Waals surface area contributed by atoms with E-state index >= 15 is 0 Å². The second kappa shape index (κ2) is 9.15. The Bertz CT molecular complexity index is 1280. The quantitative estimate of drug-likeness (QED) is 0.326. The molecule has 0 spiro atoms. The van der Waals surface area contributed by atoms with E-state index in [0.29, 0.717) is 16.8 Å². The van der Waals surface area contributed by atoms with Gasteiger partial charge in [-0.1, -0.05) is 37.3 Å². The third-order valence-electron chi connectivity index (χ3n) is 6.19. The summed E-state index contributed by atoms with van der Waals surface area (Å²) < 4.78 is 16.1. The third kappa shape index (κ3) is 4.08. The maximum absolute atomic E-state index is 12.3. The van der Waals surface area contributed by atoms with Crippen LogP contribution < -0.4 is 19.1 Å². The monoisotopic (exact) mass is 459 g/mol. The van der Waals surface area contributed by atoms with Gasteiger partial charge in [0.1, 0.15) is 23.0 Å². The van der Waals surface area contributed by atoms with E-state index in [-0.39, 0.29) is 5.75 Å². The van der Waals surface area contributed by atoms with Crippen molar-refractivity contribution >= 4 is 40.7 Å². The molecule has 5 rings (SSSR count). The molecule has 2 aliphatic rings. The minimum atomic E-state index is -1.07. The summed E-state index contributed by atoms with van der Waals surface area (Å²) >= 11 is 0. The molecule has 1 fully saturated rings. The number of methoxy groups -OCH3 is 1. The Morgan fingerprint density at radius 1 is 0.971 bits per heavy atom. The van der Waals surface area contributed by atoms with Crippen LogP contribution in [0.3, 0.4) is 0 Å². The Hall–Kier alpha value is -3.91. The Balaban J connectivity index is 1.64. The first-order valence-electron chi connectivity index (χ1n) is 11.3. The van der Waals surface area contributed by atoms with Crippen LogP contribution in [0, 0.1) is 0 Å². The highest BCUT2D eigenvalue weighted by Gasteiger charge is 2.31. The van der Waals surface area contributed by atoms with Gasteiger partial charge in [-0.05, 0) is 36.4 Å². The number of carbonyl (C=O) groups is 2. The number of rotatable bonds is 5. The summed E-state index contributed by atoms with van der Waals surface area (Å²) in [6.45, 7) is 6.67. The van der Waals surface area contributed by atoms with Crippen molar-refractivity contribution in [1.82, 2.24) is 9.88 Å². The number of aromatic nitrogens is 1. The number of esters is 2. The average Bonchev–Trinajstić information content (AvgIpc) is 3.00. The molecule has 8 heteroatoms. The number of ether oxygens (including phenoxy) is 3. The van der Waals surface area contributed by atoms with E-state index in [1.165, 1.54) is 0 Å². The zero-order valence-corrected chi connectivity index (χ0v) is 19.1. The lowest BCUT2D eigenvalue weighted by molar-refractivity contribution is -0.155. The van der Waals surface area contributed by atoms with Crippen LogP contribution in [0.5, 0.6) is 17.2 Å². The number of anilines is 1. The Kier molecular flexibility index (Phi) is 5.90. The van der Waals surface area contributed by atoms with Gasteiger partial charge in [-0.2, -0.15) is 0 Å². The summed E-state index contributed by atoms with van der Waals surface area (Å²) in [5.41, 5.74) is 1.38. The van der Waals surface area contributed by atoms with Crippen LogP contribution in [0.2, 0.25) is 0 Å². The van der Waals surface area contributed by atoms with E-state index in [4.69, 9.17) is 19.2 Å². The smallest absolute Gasteiger partial charge is 0.423 e. The Morgan fingerprint density at radius 2 is 1.71 bits per heavy atom. The molecule has 34 heavy (non-hydrogen) atoms. The minimum absolute atomic E-state index is 0.224. The molecule has 0 unspecified atom stereocenters. The van der Waals surface area contributed by atoms with Crippen LogP contribution in [0.25, 0.3) is 22.9 Å². The Morgan fingerprint density at radius 3 is 2.41 bits per heavy atom. The fourth-order valence-electron chi connectivity index (χ4n) is 4.29. The SMILES string of the molecule is CCN1CCN(c2nc(/C=C\c3ccc(OC)cc3)c3c4c(cccc24)OC(=O)C(=O)O3)CC1. The van der Waals surface area contributed by atoms with Crippen molar-refractivity contribution in [2.45, 2.75) is 6.92 Å². The molecule has 2 aliphatic heterocycles. The first-order valence-corrected chi connectivity index (χ1v) is 11.3. The van der Waals surface area contributed by atoms with Crippen LogP contribution in [0.1, 0.15) is 18.2 Å². The average molecular weight is 460 g/mol. The summed E-state index contributed by atoms with van der Waals surface area (Å²) in [6, 6.07) is 13.0. The number of carbonyl (C=O) groups excluding carboxylic acids is 2. The van der Waals surface area contributed by atoms with Gasteiger partial charge in [0, 0.05) is 31.6 Å². The predicted octanol–water partition coefficient (Wildman–Crippen LogP) is 3.38. The fraction of sp³-hybridized carbons (Fsp3) is 0.269. The molecule has 3 heterocycles. The lowest BCUT2D eigenvalue weighted by Crippen LogP contribution is -2.46. The molecule has 174 valence electrons. The second-order valence-corrected chi connectivity index (χ2v) is 8.14. The first kappa shape index (κ1) is 21.9. The predicted molar refractivity (Wildman–Crippen MR) is 129 cm³/mol. The van der Waals surface area contributed by atoms with E-state index < -0.39 is 11.9 Å². The first-order chi connectivity index (χ1) is 16.6. The maximum atomic E-state index is 12.3. The lowest BCUT2D eigenvalue weighted by Gasteiger charge is -2.35. The molecule has 0 saturated carbocycles. The molecule has 0 radical (unpaired) electrons. The highest BCUT2D eigenvalue weighted by Crippen LogP contribution is 2.42. The van der Waals surface area contributed by atoms with Gasteiger partial charge in [-0.3, -0.25) is 0 Å². The summed E-state index contributed by atoms with van der Waals surface area (Å²) in [7, 11) is 1.62. The third-order valence-corrected chi connectivity index (χ3v) is 6.19. The molecule has 0 N–H and O–H groups in total. The molecule has 1 saturated heterocycles. The molecule has 8 nitrogen and oxygen atoms in total. The number of nitrogens with zero attached hydrogens (tertiary/aromatic N) is 3. The molecular weight excluding hydrogens is 434 g/mol. The summed E-state index contributed by atoms with van der Waals surface area (Å²) in [4.78, 5) is 34.0. The van der Waals surface area contributed by atoms with Gasteiger partial charge in [0.05, 0.1) is 12.5 Å². The largest absolute Gasteiger partial charge is 0.497 e. The number of likely N-dealkylation sites (N-methyl/N-ethyl adjacent to an activating group) is 1. The van der Waals surface area contributed by atoms with Crippen LogP contribution in [0.4, 0.5) is 5.82 Å². The normalized spacial score (nSPS) is 16.5. The molecular formula is C26H25N3O5. The van der Waals surface area contributed by atoms with Crippen molar-refractivity contribution in [3.8, 4) is 17.2 Å². The summed E-state index contributed by atoms with van der Waals surface area (Å²) in [5.74, 6) is -0.0647. The van der Waals surface area contributed by atoms with Crippen molar-refractivity contribution in [2.24, 2.45) is 0 Å². The van der Waals surface area contributed by atoms with Gasteiger partial charge < -0.3 is 24.0 Å². The van der Waals surface area contributed by atoms with Gasteiger partial charge >= 0.3 is 11.9 Å². The highest BCUT2D eigenvalue weighted by atomic mass is 16.6. The summed E-state index contributed by atoms with van der Waals surface area (Å²) in [6.07, 6.45) is 3.68. The zero-order chi connectivity index (χ0) is 23.7. The van der Waals surface area contributed by atoms with Crippen LogP contribution in [0.15, 0.2) is 42.5 Å². The number of hydrogen-bond acceptors (Lipinski definition) is 8. The van der Waals surface area contributed by atoms with Crippen molar-refractivity contribution in [3.63, 3.8) is 0 Å². The van der Waals surface area contributed by atoms with Gasteiger partial charge in [-0.25, -0.2) is 14.6 Å². The van der Waals surface area contributed by atoms with Crippen molar-refractivity contribution in [1.29, 1.82) is 0 Å². The van der Waals surface area contributed by atoms with Gasteiger partial charge in [0.25, 0.3) is 0 Å². The lowest BCUT2D eigenvalue weighted by atomic mass is 10.1. The summed E-state index contributed by atoms with van der Waals surface area (Å²) in [5, 5.41) is 1.35. The van der Waals surface area contributed by atoms with E-state index in [2.05, 4.69) is 16.7 Å². The molecule has 0 amide bonds. The van der Waals surface area contributed by atoms with Crippen LogP contribution >= 0.6 is 0 Å². The van der Waals surface area contributed by atoms with E-state index in [1.807, 2.05) is 36.4 Å². The highest BCUT2D eigenvalue weighted by molar-refractivity contribution is 6.32.